The van der Waals surface area contributed by atoms with Gasteiger partial charge in [0, 0.05) is 18.7 Å². The van der Waals surface area contributed by atoms with Gasteiger partial charge in [0.1, 0.15) is 0 Å². The molecule has 1 amide bonds. The monoisotopic (exact) mass is 400 g/mol. The van der Waals surface area contributed by atoms with E-state index in [1.165, 1.54) is 5.56 Å². The zero-order chi connectivity index (χ0) is 20.1. The summed E-state index contributed by atoms with van der Waals surface area (Å²) in [5, 5.41) is 2.99. The number of carbonyl (C=O) groups is 1. The van der Waals surface area contributed by atoms with Crippen molar-refractivity contribution in [1.29, 1.82) is 0 Å². The second-order valence-electron chi connectivity index (χ2n) is 7.52. The Morgan fingerprint density at radius 1 is 1.00 bits per heavy atom. The van der Waals surface area contributed by atoms with E-state index in [9.17, 15) is 13.2 Å². The molecule has 1 aliphatic heterocycles. The van der Waals surface area contributed by atoms with Crippen LogP contribution in [0.5, 0.6) is 0 Å². The number of piperidine rings is 1. The standard InChI is InChI=1S/C22H28N2O3S/c1-17-6-10-20(11-7-17)18(2)23-22(25)21-12-8-19(9-13-21)16-28(26,27)24-14-4-3-5-15-24/h6-13,18H,3-5,14-16H2,1-2H3,(H,23,25). The molecule has 2 aromatic rings. The fraction of sp³-hybridized carbons (Fsp3) is 0.409. The van der Waals surface area contributed by atoms with Crippen LogP contribution in [0.25, 0.3) is 0 Å². The molecular weight excluding hydrogens is 372 g/mol. The van der Waals surface area contributed by atoms with Gasteiger partial charge < -0.3 is 5.32 Å². The maximum Gasteiger partial charge on any atom is 0.251 e. The number of nitrogens with one attached hydrogen (secondary N) is 1. The van der Waals surface area contributed by atoms with Gasteiger partial charge in [-0.1, -0.05) is 48.4 Å². The van der Waals surface area contributed by atoms with E-state index in [0.717, 1.165) is 24.8 Å². The quantitative estimate of drug-likeness (QED) is 0.802. The number of carbonyl (C=O) groups excluding carboxylic acids is 1. The van der Waals surface area contributed by atoms with E-state index in [0.29, 0.717) is 24.2 Å². The smallest absolute Gasteiger partial charge is 0.251 e. The average molecular weight is 401 g/mol. The minimum absolute atomic E-state index is 0.0192. The minimum Gasteiger partial charge on any atom is -0.346 e. The van der Waals surface area contributed by atoms with Gasteiger partial charge in [0.2, 0.25) is 10.0 Å². The molecule has 1 aliphatic rings. The molecule has 5 nitrogen and oxygen atoms in total. The van der Waals surface area contributed by atoms with Crippen LogP contribution in [-0.2, 0) is 15.8 Å². The molecule has 150 valence electrons. The molecule has 0 aliphatic carbocycles. The summed E-state index contributed by atoms with van der Waals surface area (Å²) in [6.07, 6.45) is 2.95. The van der Waals surface area contributed by atoms with Crippen molar-refractivity contribution < 1.29 is 13.2 Å². The molecule has 1 heterocycles. The van der Waals surface area contributed by atoms with E-state index in [-0.39, 0.29) is 17.7 Å². The Kier molecular flexibility index (Phi) is 6.52. The van der Waals surface area contributed by atoms with Gasteiger partial charge in [0.25, 0.3) is 5.91 Å². The second kappa shape index (κ2) is 8.88. The second-order valence-corrected chi connectivity index (χ2v) is 9.49. The minimum atomic E-state index is -3.30. The van der Waals surface area contributed by atoms with Crippen LogP contribution in [0.4, 0.5) is 0 Å². The third-order valence-corrected chi connectivity index (χ3v) is 7.05. The lowest BCUT2D eigenvalue weighted by atomic mass is 10.1. The normalized spacial score (nSPS) is 16.5. The fourth-order valence-corrected chi connectivity index (χ4v) is 5.03. The largest absolute Gasteiger partial charge is 0.346 e. The third-order valence-electron chi connectivity index (χ3n) is 5.20. The first-order chi connectivity index (χ1) is 13.3. The van der Waals surface area contributed by atoms with Crippen molar-refractivity contribution in [3.05, 3.63) is 70.8 Å². The van der Waals surface area contributed by atoms with Crippen molar-refractivity contribution in [2.24, 2.45) is 0 Å². The predicted octanol–water partition coefficient (Wildman–Crippen LogP) is 3.80. The van der Waals surface area contributed by atoms with Crippen molar-refractivity contribution in [3.63, 3.8) is 0 Å². The molecule has 1 unspecified atom stereocenters. The lowest BCUT2D eigenvalue weighted by molar-refractivity contribution is 0.0940. The Labute approximate surface area is 167 Å². The molecule has 1 N–H and O–H groups in total. The Morgan fingerprint density at radius 3 is 2.21 bits per heavy atom. The summed E-state index contributed by atoms with van der Waals surface area (Å²) < 4.78 is 26.7. The summed E-state index contributed by atoms with van der Waals surface area (Å²) in [5.41, 5.74) is 3.45. The summed E-state index contributed by atoms with van der Waals surface area (Å²) >= 11 is 0. The highest BCUT2D eigenvalue weighted by Gasteiger charge is 2.24. The summed E-state index contributed by atoms with van der Waals surface area (Å²) in [4.78, 5) is 12.5. The first kappa shape index (κ1) is 20.6. The number of aryl methyl sites for hydroxylation is 1. The van der Waals surface area contributed by atoms with Gasteiger partial charge in [-0.15, -0.1) is 0 Å². The van der Waals surface area contributed by atoms with Crippen LogP contribution in [0.3, 0.4) is 0 Å². The molecule has 0 bridgehead atoms. The van der Waals surface area contributed by atoms with Crippen LogP contribution < -0.4 is 5.32 Å². The highest BCUT2D eigenvalue weighted by Crippen LogP contribution is 2.18. The molecular formula is C22H28N2O3S. The third kappa shape index (κ3) is 5.20. The van der Waals surface area contributed by atoms with E-state index in [1.54, 1.807) is 28.6 Å². The maximum absolute atomic E-state index is 12.5. The lowest BCUT2D eigenvalue weighted by Gasteiger charge is -2.25. The number of rotatable bonds is 6. The number of sulfonamides is 1. The van der Waals surface area contributed by atoms with Gasteiger partial charge in [-0.25, -0.2) is 12.7 Å². The van der Waals surface area contributed by atoms with E-state index >= 15 is 0 Å². The highest BCUT2D eigenvalue weighted by atomic mass is 32.2. The van der Waals surface area contributed by atoms with Crippen LogP contribution in [0.1, 0.15) is 59.3 Å². The summed E-state index contributed by atoms with van der Waals surface area (Å²) in [6.45, 7) is 5.20. The number of nitrogens with zero attached hydrogens (tertiary/aromatic N) is 1. The van der Waals surface area contributed by atoms with Gasteiger partial charge >= 0.3 is 0 Å². The molecule has 0 saturated carbocycles. The van der Waals surface area contributed by atoms with Gasteiger partial charge in [0.15, 0.2) is 0 Å². The number of hydrogen-bond acceptors (Lipinski definition) is 3. The molecule has 0 aromatic heterocycles. The molecule has 3 rings (SSSR count). The number of amides is 1. The molecule has 1 atom stereocenters. The van der Waals surface area contributed by atoms with Gasteiger partial charge in [-0.05, 0) is 49.9 Å². The number of hydrogen-bond donors (Lipinski definition) is 1. The topological polar surface area (TPSA) is 66.5 Å². The fourth-order valence-electron chi connectivity index (χ4n) is 3.42. The lowest BCUT2D eigenvalue weighted by Crippen LogP contribution is -2.36. The van der Waals surface area contributed by atoms with Crippen molar-refractivity contribution in [3.8, 4) is 0 Å². The summed E-state index contributed by atoms with van der Waals surface area (Å²) in [6, 6.07) is 14.8. The van der Waals surface area contributed by atoms with Gasteiger partial charge in [-0.2, -0.15) is 0 Å². The van der Waals surface area contributed by atoms with Gasteiger partial charge in [-0.3, -0.25) is 4.79 Å². The summed E-state index contributed by atoms with van der Waals surface area (Å²) in [5.74, 6) is -0.187. The van der Waals surface area contributed by atoms with Crippen molar-refractivity contribution >= 4 is 15.9 Å². The SMILES string of the molecule is Cc1ccc(C(C)NC(=O)c2ccc(CS(=O)(=O)N3CCCCC3)cc2)cc1. The van der Waals surface area contributed by atoms with Crippen molar-refractivity contribution in [1.82, 2.24) is 9.62 Å². The molecule has 1 saturated heterocycles. The predicted molar refractivity (Wildman–Crippen MR) is 112 cm³/mol. The molecule has 28 heavy (non-hydrogen) atoms. The Bertz CT molecular complexity index is 900. The Morgan fingerprint density at radius 2 is 1.61 bits per heavy atom. The van der Waals surface area contributed by atoms with Crippen molar-refractivity contribution in [2.75, 3.05) is 13.1 Å². The first-order valence-electron chi connectivity index (χ1n) is 9.79. The van der Waals surface area contributed by atoms with E-state index in [4.69, 9.17) is 0 Å². The maximum atomic E-state index is 12.5. The van der Waals surface area contributed by atoms with Crippen LogP contribution >= 0.6 is 0 Å². The van der Waals surface area contributed by atoms with Crippen molar-refractivity contribution in [2.45, 2.75) is 44.9 Å². The van der Waals surface area contributed by atoms with E-state index in [2.05, 4.69) is 5.32 Å². The van der Waals surface area contributed by atoms with E-state index < -0.39 is 10.0 Å². The van der Waals surface area contributed by atoms with Crippen LogP contribution in [0.15, 0.2) is 48.5 Å². The Balaban J connectivity index is 1.61. The molecule has 2 aromatic carbocycles. The average Bonchev–Trinajstić information content (AvgIpc) is 2.69. The van der Waals surface area contributed by atoms with Crippen LogP contribution in [-0.4, -0.2) is 31.7 Å². The molecule has 1 fully saturated rings. The Hall–Kier alpha value is -2.18. The zero-order valence-electron chi connectivity index (χ0n) is 16.5. The zero-order valence-corrected chi connectivity index (χ0v) is 17.3. The van der Waals surface area contributed by atoms with Gasteiger partial charge in [0.05, 0.1) is 11.8 Å². The summed E-state index contributed by atoms with van der Waals surface area (Å²) in [7, 11) is -3.30. The highest BCUT2D eigenvalue weighted by molar-refractivity contribution is 7.88. The molecule has 6 heteroatoms. The van der Waals surface area contributed by atoms with Crippen LogP contribution in [0.2, 0.25) is 0 Å². The first-order valence-corrected chi connectivity index (χ1v) is 11.4. The molecule has 0 spiro atoms. The molecule has 0 radical (unpaired) electrons. The van der Waals surface area contributed by atoms with Crippen LogP contribution in [0, 0.1) is 6.92 Å². The number of benzene rings is 2. The van der Waals surface area contributed by atoms with E-state index in [1.807, 2.05) is 38.1 Å².